The molecule has 0 aliphatic heterocycles. The molecule has 1 aliphatic rings. The van der Waals surface area contributed by atoms with Crippen molar-refractivity contribution in [2.45, 2.75) is 45.1 Å². The molecule has 0 unspecified atom stereocenters. The quantitative estimate of drug-likeness (QED) is 0.535. The zero-order valence-corrected chi connectivity index (χ0v) is 15.3. The van der Waals surface area contributed by atoms with Gasteiger partial charge in [-0.05, 0) is 43.5 Å². The number of hydrogen-bond donors (Lipinski definition) is 2. The van der Waals surface area contributed by atoms with Gasteiger partial charge in [0.15, 0.2) is 0 Å². The minimum atomic E-state index is -0.681. The van der Waals surface area contributed by atoms with Crippen LogP contribution in [0, 0.1) is 0 Å². The number of hydrazone groups is 1. The Balaban J connectivity index is 1.81. The third-order valence-electron chi connectivity index (χ3n) is 5.16. The highest BCUT2D eigenvalue weighted by Gasteiger charge is 2.23. The minimum Gasteiger partial charge on any atom is -0.472 e. The first-order valence-electron chi connectivity index (χ1n) is 9.28. The van der Waals surface area contributed by atoms with Gasteiger partial charge < -0.3 is 14.7 Å². The number of fused-ring (bicyclic) bond motifs is 1. The van der Waals surface area contributed by atoms with Crippen LogP contribution in [0.15, 0.2) is 46.3 Å². The van der Waals surface area contributed by atoms with Gasteiger partial charge in [-0.15, -0.1) is 0 Å². The van der Waals surface area contributed by atoms with Crippen molar-refractivity contribution >= 4 is 22.8 Å². The number of nitrogens with zero attached hydrogens (tertiary/aromatic N) is 3. The van der Waals surface area contributed by atoms with Crippen LogP contribution >= 0.6 is 0 Å². The molecule has 4 rings (SSSR count). The van der Waals surface area contributed by atoms with Crippen LogP contribution in [-0.2, 0) is 0 Å². The van der Waals surface area contributed by atoms with Gasteiger partial charge in [0.1, 0.15) is 12.1 Å². The van der Waals surface area contributed by atoms with Crippen molar-refractivity contribution in [3.63, 3.8) is 0 Å². The SMILES string of the molecule is C/C(=N\NC(N)=O)c1ccc2c(c1)nc(-c1ccoc1)n2C1CCCCC1. The second-order valence-electron chi connectivity index (χ2n) is 6.99. The molecule has 0 atom stereocenters. The second-order valence-corrected chi connectivity index (χ2v) is 6.99. The summed E-state index contributed by atoms with van der Waals surface area (Å²) in [6.45, 7) is 1.83. The molecule has 0 radical (unpaired) electrons. The predicted octanol–water partition coefficient (Wildman–Crippen LogP) is 4.19. The number of aromatic nitrogens is 2. The summed E-state index contributed by atoms with van der Waals surface area (Å²) in [7, 11) is 0. The van der Waals surface area contributed by atoms with Gasteiger partial charge >= 0.3 is 6.03 Å². The monoisotopic (exact) mass is 365 g/mol. The number of nitrogens with one attached hydrogen (secondary N) is 1. The van der Waals surface area contributed by atoms with Crippen LogP contribution < -0.4 is 11.2 Å². The Morgan fingerprint density at radius 2 is 2.11 bits per heavy atom. The van der Waals surface area contributed by atoms with Crippen molar-refractivity contribution in [1.29, 1.82) is 0 Å². The van der Waals surface area contributed by atoms with Gasteiger partial charge in [0, 0.05) is 6.04 Å². The van der Waals surface area contributed by atoms with E-state index in [-0.39, 0.29) is 0 Å². The van der Waals surface area contributed by atoms with Crippen LogP contribution in [0.5, 0.6) is 0 Å². The summed E-state index contributed by atoms with van der Waals surface area (Å²) < 4.78 is 7.66. The third-order valence-corrected chi connectivity index (χ3v) is 5.16. The summed E-state index contributed by atoms with van der Waals surface area (Å²) in [4.78, 5) is 15.8. The smallest absolute Gasteiger partial charge is 0.332 e. The number of imidazole rings is 1. The number of hydrogen-bond acceptors (Lipinski definition) is 4. The Labute approximate surface area is 157 Å². The molecule has 3 aromatic rings. The van der Waals surface area contributed by atoms with Gasteiger partial charge in [0.2, 0.25) is 0 Å². The second kappa shape index (κ2) is 7.26. The summed E-state index contributed by atoms with van der Waals surface area (Å²) in [5.74, 6) is 0.938. The molecule has 0 saturated heterocycles. The lowest BCUT2D eigenvalue weighted by atomic mass is 9.95. The molecular weight excluding hydrogens is 342 g/mol. The number of nitrogens with two attached hydrogens (primary N) is 1. The normalized spacial score (nSPS) is 16.0. The summed E-state index contributed by atoms with van der Waals surface area (Å²) in [6, 6.07) is 7.80. The number of amides is 2. The number of urea groups is 1. The molecule has 2 aromatic heterocycles. The lowest BCUT2D eigenvalue weighted by Gasteiger charge is -2.25. The number of benzene rings is 1. The Kier molecular flexibility index (Phi) is 4.66. The average Bonchev–Trinajstić information content (AvgIpc) is 3.33. The molecule has 140 valence electrons. The van der Waals surface area contributed by atoms with Crippen LogP contribution in [0.4, 0.5) is 4.79 Å². The zero-order chi connectivity index (χ0) is 18.8. The standard InChI is InChI=1S/C20H23N5O2/c1-13(23-24-20(21)26)14-7-8-18-17(11-14)22-19(15-9-10-27-12-15)25(18)16-5-3-2-4-6-16/h7-12,16H,2-6H2,1H3,(H3,21,24,26)/b23-13+. The van der Waals surface area contributed by atoms with E-state index < -0.39 is 6.03 Å². The molecule has 1 saturated carbocycles. The number of primary amides is 1. The molecule has 1 fully saturated rings. The molecule has 3 N–H and O–H groups in total. The topological polar surface area (TPSA) is 98.4 Å². The van der Waals surface area contributed by atoms with Gasteiger partial charge in [-0.1, -0.05) is 25.3 Å². The molecule has 2 heterocycles. The summed E-state index contributed by atoms with van der Waals surface area (Å²) >= 11 is 0. The maximum absolute atomic E-state index is 10.9. The first-order chi connectivity index (χ1) is 13.1. The van der Waals surface area contributed by atoms with Crippen molar-refractivity contribution < 1.29 is 9.21 Å². The highest BCUT2D eigenvalue weighted by Crippen LogP contribution is 2.36. The highest BCUT2D eigenvalue weighted by atomic mass is 16.3. The number of carbonyl (C=O) groups excluding carboxylic acids is 1. The largest absolute Gasteiger partial charge is 0.472 e. The van der Waals surface area contributed by atoms with Crippen LogP contribution in [0.25, 0.3) is 22.4 Å². The van der Waals surface area contributed by atoms with E-state index in [1.165, 1.54) is 32.1 Å². The molecule has 27 heavy (non-hydrogen) atoms. The van der Waals surface area contributed by atoms with Crippen LogP contribution in [0.2, 0.25) is 0 Å². The van der Waals surface area contributed by atoms with E-state index in [9.17, 15) is 4.79 Å². The average molecular weight is 365 g/mol. The first-order valence-corrected chi connectivity index (χ1v) is 9.28. The Bertz CT molecular complexity index is 981. The fourth-order valence-electron chi connectivity index (χ4n) is 3.83. The number of furan rings is 1. The molecule has 0 spiro atoms. The Morgan fingerprint density at radius 1 is 1.30 bits per heavy atom. The van der Waals surface area contributed by atoms with Gasteiger partial charge in [-0.25, -0.2) is 15.2 Å². The third kappa shape index (κ3) is 3.45. The van der Waals surface area contributed by atoms with E-state index in [0.717, 1.165) is 28.0 Å². The summed E-state index contributed by atoms with van der Waals surface area (Å²) in [6.07, 6.45) is 9.55. The summed E-state index contributed by atoms with van der Waals surface area (Å²) in [5, 5.41) is 4.01. The van der Waals surface area contributed by atoms with Crippen molar-refractivity contribution in [3.05, 3.63) is 42.4 Å². The molecule has 7 heteroatoms. The fraction of sp³-hybridized carbons (Fsp3) is 0.350. The van der Waals surface area contributed by atoms with Crippen LogP contribution in [0.1, 0.15) is 50.6 Å². The van der Waals surface area contributed by atoms with E-state index in [2.05, 4.69) is 21.2 Å². The van der Waals surface area contributed by atoms with Gasteiger partial charge in [0.25, 0.3) is 0 Å². The predicted molar refractivity (Wildman–Crippen MR) is 104 cm³/mol. The van der Waals surface area contributed by atoms with Crippen molar-refractivity contribution in [2.75, 3.05) is 0 Å². The molecule has 1 aliphatic carbocycles. The summed E-state index contributed by atoms with van der Waals surface area (Å²) in [5.41, 5.74) is 11.9. The zero-order valence-electron chi connectivity index (χ0n) is 15.3. The van der Waals surface area contributed by atoms with E-state index >= 15 is 0 Å². The van der Waals surface area contributed by atoms with Crippen molar-refractivity contribution in [1.82, 2.24) is 15.0 Å². The molecular formula is C20H23N5O2. The van der Waals surface area contributed by atoms with Crippen LogP contribution in [0.3, 0.4) is 0 Å². The maximum atomic E-state index is 10.9. The van der Waals surface area contributed by atoms with E-state index in [1.807, 2.05) is 25.1 Å². The Hall–Kier alpha value is -3.09. The van der Waals surface area contributed by atoms with Gasteiger partial charge in [-0.2, -0.15) is 5.10 Å². The van der Waals surface area contributed by atoms with E-state index in [4.69, 9.17) is 15.1 Å². The molecule has 0 bridgehead atoms. The number of rotatable bonds is 4. The first kappa shape index (κ1) is 17.3. The fourth-order valence-corrected chi connectivity index (χ4v) is 3.83. The van der Waals surface area contributed by atoms with Crippen LogP contribution in [-0.4, -0.2) is 21.3 Å². The van der Waals surface area contributed by atoms with Crippen molar-refractivity contribution in [3.8, 4) is 11.4 Å². The maximum Gasteiger partial charge on any atom is 0.332 e. The number of carbonyl (C=O) groups is 1. The lowest BCUT2D eigenvalue weighted by Crippen LogP contribution is -2.25. The van der Waals surface area contributed by atoms with Gasteiger partial charge in [-0.3, -0.25) is 0 Å². The highest BCUT2D eigenvalue weighted by molar-refractivity contribution is 6.01. The van der Waals surface area contributed by atoms with Crippen molar-refractivity contribution in [2.24, 2.45) is 10.8 Å². The van der Waals surface area contributed by atoms with E-state index in [1.54, 1.807) is 12.5 Å². The minimum absolute atomic E-state index is 0.450. The van der Waals surface area contributed by atoms with E-state index in [0.29, 0.717) is 11.8 Å². The molecule has 2 amide bonds. The molecule has 1 aromatic carbocycles. The van der Waals surface area contributed by atoms with Gasteiger partial charge in [0.05, 0.1) is 28.6 Å². The Morgan fingerprint density at radius 3 is 2.81 bits per heavy atom. The lowest BCUT2D eigenvalue weighted by molar-refractivity contribution is 0.249. The molecule has 7 nitrogen and oxygen atoms in total.